The number of carbonyl (C=O) groups is 1. The number of nitrogens with zero attached hydrogens (tertiary/aromatic N) is 1. The summed E-state index contributed by atoms with van der Waals surface area (Å²) in [5, 5.41) is 9.83. The van der Waals surface area contributed by atoms with Crippen LogP contribution in [0.2, 0.25) is 5.02 Å². The molecule has 96 valence electrons. The van der Waals surface area contributed by atoms with Gasteiger partial charge in [-0.15, -0.1) is 11.3 Å². The van der Waals surface area contributed by atoms with Gasteiger partial charge in [-0.25, -0.2) is 0 Å². The highest BCUT2D eigenvalue weighted by Gasteiger charge is 2.25. The molecule has 0 N–H and O–H groups in total. The second-order valence-electron chi connectivity index (χ2n) is 3.72. The van der Waals surface area contributed by atoms with Crippen molar-refractivity contribution in [3.63, 3.8) is 0 Å². The van der Waals surface area contributed by atoms with Gasteiger partial charge in [0, 0.05) is 10.6 Å². The van der Waals surface area contributed by atoms with Gasteiger partial charge in [-0.1, -0.05) is 23.7 Å². The highest BCUT2D eigenvalue weighted by molar-refractivity contribution is 9.12. The first-order valence-corrected chi connectivity index (χ1v) is 7.95. The lowest BCUT2D eigenvalue weighted by Crippen LogP contribution is -2.10. The Morgan fingerprint density at radius 2 is 1.95 bits per heavy atom. The minimum Gasteiger partial charge on any atom is -0.292 e. The third-order valence-electron chi connectivity index (χ3n) is 2.52. The van der Waals surface area contributed by atoms with Crippen molar-refractivity contribution in [3.05, 3.63) is 54.1 Å². The summed E-state index contributed by atoms with van der Waals surface area (Å²) in [6.45, 7) is 0. The van der Waals surface area contributed by atoms with Crippen LogP contribution in [0.1, 0.15) is 21.8 Å². The number of ketones is 1. The molecule has 2 aromatic rings. The third kappa shape index (κ3) is 3.26. The summed E-state index contributed by atoms with van der Waals surface area (Å²) in [5.41, 5.74) is 1.16. The van der Waals surface area contributed by atoms with Crippen LogP contribution in [-0.2, 0) is 0 Å². The minimum atomic E-state index is -0.824. The van der Waals surface area contributed by atoms with Crippen LogP contribution in [0.25, 0.3) is 0 Å². The molecule has 0 aliphatic carbocycles. The largest absolute Gasteiger partial charge is 0.292 e. The normalized spacial score (nSPS) is 11.9. The highest BCUT2D eigenvalue weighted by Crippen LogP contribution is 2.35. The van der Waals surface area contributed by atoms with Gasteiger partial charge in [0.2, 0.25) is 0 Å². The Morgan fingerprint density at radius 3 is 2.42 bits per heavy atom. The molecule has 1 heterocycles. The fourth-order valence-corrected chi connectivity index (χ4v) is 4.55. The van der Waals surface area contributed by atoms with Crippen LogP contribution in [0, 0.1) is 11.3 Å². The Labute approximate surface area is 136 Å². The van der Waals surface area contributed by atoms with E-state index in [1.165, 1.54) is 11.3 Å². The number of nitriles is 1. The lowest BCUT2D eigenvalue weighted by molar-refractivity contribution is 0.0978. The van der Waals surface area contributed by atoms with Crippen molar-refractivity contribution in [2.24, 2.45) is 0 Å². The van der Waals surface area contributed by atoms with Crippen LogP contribution < -0.4 is 0 Å². The SMILES string of the molecule is N#CC(C(=O)c1cc(Br)sc1Br)c1ccc(Cl)cc1. The Morgan fingerprint density at radius 1 is 1.32 bits per heavy atom. The van der Waals surface area contributed by atoms with Crippen LogP contribution >= 0.6 is 54.8 Å². The third-order valence-corrected chi connectivity index (χ3v) is 5.11. The van der Waals surface area contributed by atoms with Gasteiger partial charge >= 0.3 is 0 Å². The zero-order chi connectivity index (χ0) is 14.0. The van der Waals surface area contributed by atoms with E-state index in [4.69, 9.17) is 11.6 Å². The average molecular weight is 420 g/mol. The van der Waals surface area contributed by atoms with E-state index in [-0.39, 0.29) is 5.78 Å². The van der Waals surface area contributed by atoms with Crippen molar-refractivity contribution in [1.82, 2.24) is 0 Å². The number of Topliss-reactive ketones (excluding diaryl/α,β-unsaturated/α-hetero) is 1. The van der Waals surface area contributed by atoms with Gasteiger partial charge < -0.3 is 0 Å². The second kappa shape index (κ2) is 6.19. The molecule has 1 aromatic heterocycles. The summed E-state index contributed by atoms with van der Waals surface area (Å²) in [7, 11) is 0. The Hall–Kier alpha value is -0.670. The maximum absolute atomic E-state index is 12.4. The Kier molecular flexibility index (Phi) is 4.80. The second-order valence-corrected chi connectivity index (χ2v) is 7.90. The van der Waals surface area contributed by atoms with Crippen molar-refractivity contribution in [2.45, 2.75) is 5.92 Å². The molecule has 0 spiro atoms. The standard InChI is InChI=1S/C13H6Br2ClNOS/c14-11-5-9(13(15)19-11)12(18)10(6-17)7-1-3-8(16)4-2-7/h1-5,10H. The van der Waals surface area contributed by atoms with Crippen molar-refractivity contribution < 1.29 is 4.79 Å². The number of hydrogen-bond donors (Lipinski definition) is 0. The summed E-state index contributed by atoms with van der Waals surface area (Å²) in [5.74, 6) is -1.05. The van der Waals surface area contributed by atoms with E-state index in [0.717, 1.165) is 7.57 Å². The number of rotatable bonds is 3. The number of halogens is 3. The molecule has 2 nitrogen and oxygen atoms in total. The van der Waals surface area contributed by atoms with Gasteiger partial charge in [-0.05, 0) is 55.6 Å². The molecule has 0 aliphatic heterocycles. The molecule has 6 heteroatoms. The molecular formula is C13H6Br2ClNOS. The van der Waals surface area contributed by atoms with E-state index in [2.05, 4.69) is 31.9 Å². The first kappa shape index (κ1) is 14.7. The molecule has 19 heavy (non-hydrogen) atoms. The molecule has 0 bridgehead atoms. The van der Waals surface area contributed by atoms with Crippen LogP contribution in [-0.4, -0.2) is 5.78 Å². The summed E-state index contributed by atoms with van der Waals surface area (Å²) >= 11 is 13.9. The van der Waals surface area contributed by atoms with Crippen molar-refractivity contribution in [2.75, 3.05) is 0 Å². The van der Waals surface area contributed by atoms with Gasteiger partial charge in [-0.3, -0.25) is 4.79 Å². The van der Waals surface area contributed by atoms with Crippen LogP contribution in [0.3, 0.4) is 0 Å². The summed E-state index contributed by atoms with van der Waals surface area (Å²) < 4.78 is 1.56. The highest BCUT2D eigenvalue weighted by atomic mass is 79.9. The van der Waals surface area contributed by atoms with E-state index in [9.17, 15) is 10.1 Å². The van der Waals surface area contributed by atoms with Gasteiger partial charge in [0.25, 0.3) is 0 Å². The molecule has 1 aromatic carbocycles. The Balaban J connectivity index is 2.38. The maximum Gasteiger partial charge on any atom is 0.186 e. The molecule has 0 saturated heterocycles. The number of carbonyl (C=O) groups excluding carboxylic acids is 1. The van der Waals surface area contributed by atoms with Crippen LogP contribution in [0.5, 0.6) is 0 Å². The average Bonchev–Trinajstić information content (AvgIpc) is 2.71. The smallest absolute Gasteiger partial charge is 0.186 e. The van der Waals surface area contributed by atoms with Gasteiger partial charge in [-0.2, -0.15) is 5.26 Å². The van der Waals surface area contributed by atoms with E-state index in [1.54, 1.807) is 30.3 Å². The van der Waals surface area contributed by atoms with Crippen molar-refractivity contribution in [1.29, 1.82) is 5.26 Å². The zero-order valence-corrected chi connectivity index (χ0v) is 14.1. The quantitative estimate of drug-likeness (QED) is 0.624. The topological polar surface area (TPSA) is 40.9 Å². The van der Waals surface area contributed by atoms with Gasteiger partial charge in [0.15, 0.2) is 5.78 Å². The van der Waals surface area contributed by atoms with Crippen LogP contribution in [0.15, 0.2) is 37.9 Å². The number of benzene rings is 1. The summed E-state index contributed by atoms with van der Waals surface area (Å²) in [4.78, 5) is 12.4. The fourth-order valence-electron chi connectivity index (χ4n) is 1.60. The van der Waals surface area contributed by atoms with Crippen LogP contribution in [0.4, 0.5) is 0 Å². The molecule has 2 rings (SSSR count). The molecule has 0 saturated carbocycles. The summed E-state index contributed by atoms with van der Waals surface area (Å²) in [6.07, 6.45) is 0. The number of thiophene rings is 1. The fraction of sp³-hybridized carbons (Fsp3) is 0.0769. The van der Waals surface area contributed by atoms with Crippen molar-refractivity contribution in [3.8, 4) is 6.07 Å². The minimum absolute atomic E-state index is 0.223. The lowest BCUT2D eigenvalue weighted by atomic mass is 9.93. The van der Waals surface area contributed by atoms with E-state index in [0.29, 0.717) is 16.1 Å². The molecule has 0 amide bonds. The summed E-state index contributed by atoms with van der Waals surface area (Å²) in [6, 6.07) is 10.5. The first-order chi connectivity index (χ1) is 9.02. The zero-order valence-electron chi connectivity index (χ0n) is 9.36. The molecule has 1 atom stereocenters. The predicted octanol–water partition coefficient (Wildman–Crippen LogP) is 5.42. The molecular weight excluding hydrogens is 413 g/mol. The van der Waals surface area contributed by atoms with E-state index < -0.39 is 5.92 Å². The van der Waals surface area contributed by atoms with Gasteiger partial charge in [0.05, 0.1) is 13.6 Å². The van der Waals surface area contributed by atoms with Gasteiger partial charge in [0.1, 0.15) is 5.92 Å². The molecule has 0 fully saturated rings. The van der Waals surface area contributed by atoms with E-state index >= 15 is 0 Å². The lowest BCUT2D eigenvalue weighted by Gasteiger charge is -2.08. The number of hydrogen-bond acceptors (Lipinski definition) is 3. The predicted molar refractivity (Wildman–Crippen MR) is 83.9 cm³/mol. The maximum atomic E-state index is 12.4. The molecule has 0 radical (unpaired) electrons. The van der Waals surface area contributed by atoms with E-state index in [1.807, 2.05) is 6.07 Å². The van der Waals surface area contributed by atoms with Crippen molar-refractivity contribution >= 4 is 60.6 Å². The monoisotopic (exact) mass is 417 g/mol. The first-order valence-electron chi connectivity index (χ1n) is 5.17. The molecule has 0 aliphatic rings. The molecule has 1 unspecified atom stereocenters. The Bertz CT molecular complexity index is 660.